The van der Waals surface area contributed by atoms with Crippen LogP contribution in [0.3, 0.4) is 0 Å². The Morgan fingerprint density at radius 3 is 2.59 bits per heavy atom. The summed E-state index contributed by atoms with van der Waals surface area (Å²) in [5, 5.41) is 13.7. The zero-order chi connectivity index (χ0) is 19.4. The summed E-state index contributed by atoms with van der Waals surface area (Å²) in [7, 11) is 1.91. The van der Waals surface area contributed by atoms with Crippen LogP contribution in [0.1, 0.15) is 34.9 Å². The average molecular weight is 401 g/mol. The summed E-state index contributed by atoms with van der Waals surface area (Å²) in [6.45, 7) is 3.34. The van der Waals surface area contributed by atoms with Crippen LogP contribution in [-0.4, -0.2) is 31.7 Å². The van der Waals surface area contributed by atoms with Crippen LogP contribution in [0, 0.1) is 0 Å². The minimum absolute atomic E-state index is 0.00238. The van der Waals surface area contributed by atoms with Crippen molar-refractivity contribution in [3.63, 3.8) is 0 Å². The van der Waals surface area contributed by atoms with E-state index in [0.717, 1.165) is 12.2 Å². The first kappa shape index (κ1) is 19.3. The molecule has 1 aromatic carbocycles. The number of rotatable bonds is 7. The molecular formula is C19H20N4O2S2. The molecule has 0 spiro atoms. The summed E-state index contributed by atoms with van der Waals surface area (Å²) in [6.07, 6.45) is 0.727. The van der Waals surface area contributed by atoms with E-state index in [0.29, 0.717) is 16.4 Å². The summed E-state index contributed by atoms with van der Waals surface area (Å²) < 4.78 is 1.93. The van der Waals surface area contributed by atoms with Crippen LogP contribution in [0.4, 0.5) is 5.69 Å². The van der Waals surface area contributed by atoms with Crippen LogP contribution in [0.25, 0.3) is 0 Å². The molecular weight excluding hydrogens is 380 g/mol. The van der Waals surface area contributed by atoms with Gasteiger partial charge >= 0.3 is 0 Å². The van der Waals surface area contributed by atoms with Crippen molar-refractivity contribution in [3.05, 3.63) is 58.0 Å². The number of hydrogen-bond donors (Lipinski definition) is 1. The normalized spacial score (nSPS) is 12.0. The van der Waals surface area contributed by atoms with Gasteiger partial charge in [-0.1, -0.05) is 17.8 Å². The lowest BCUT2D eigenvalue weighted by molar-refractivity contribution is -0.115. The number of carbonyl (C=O) groups excluding carboxylic acids is 2. The van der Waals surface area contributed by atoms with Crippen molar-refractivity contribution in [2.24, 2.45) is 7.05 Å². The van der Waals surface area contributed by atoms with Gasteiger partial charge in [0.15, 0.2) is 10.9 Å². The highest BCUT2D eigenvalue weighted by Gasteiger charge is 2.19. The number of hydrogen-bond acceptors (Lipinski definition) is 6. The third-order valence-electron chi connectivity index (χ3n) is 4.05. The summed E-state index contributed by atoms with van der Waals surface area (Å²) in [5.74, 6) is 0.739. The van der Waals surface area contributed by atoms with Crippen molar-refractivity contribution in [1.82, 2.24) is 14.8 Å². The second-order valence-electron chi connectivity index (χ2n) is 6.10. The Kier molecular flexibility index (Phi) is 6.08. The Hall–Kier alpha value is -2.45. The molecule has 8 heteroatoms. The maximum Gasteiger partial charge on any atom is 0.237 e. The molecule has 0 fully saturated rings. The number of aromatic nitrogens is 3. The molecule has 3 rings (SSSR count). The number of anilines is 1. The highest BCUT2D eigenvalue weighted by atomic mass is 32.2. The standard InChI is InChI=1S/C19H20N4O2S2/c1-12(24)14-6-8-15(9-7-14)20-18(25)13(2)27-19-22-21-17(23(19)3)11-16-5-4-10-26-16/h4-10,13H,11H2,1-3H3,(H,20,25)/t13-/m0/s1. The zero-order valence-electron chi connectivity index (χ0n) is 15.3. The van der Waals surface area contributed by atoms with Crippen molar-refractivity contribution in [2.45, 2.75) is 30.7 Å². The fourth-order valence-corrected chi connectivity index (χ4v) is 3.95. The number of carbonyl (C=O) groups is 2. The molecule has 2 aromatic heterocycles. The first-order chi connectivity index (χ1) is 12.9. The van der Waals surface area contributed by atoms with Crippen LogP contribution < -0.4 is 5.32 Å². The van der Waals surface area contributed by atoms with Gasteiger partial charge in [-0.25, -0.2) is 0 Å². The van der Waals surface area contributed by atoms with Crippen LogP contribution in [0.2, 0.25) is 0 Å². The van der Waals surface area contributed by atoms with Gasteiger partial charge < -0.3 is 9.88 Å². The lowest BCUT2D eigenvalue weighted by atomic mass is 10.1. The molecule has 1 amide bonds. The maximum absolute atomic E-state index is 12.5. The number of thioether (sulfide) groups is 1. The van der Waals surface area contributed by atoms with Crippen molar-refractivity contribution in [3.8, 4) is 0 Å². The number of nitrogens with one attached hydrogen (secondary N) is 1. The highest BCUT2D eigenvalue weighted by molar-refractivity contribution is 8.00. The van der Waals surface area contributed by atoms with Gasteiger partial charge in [0.1, 0.15) is 5.82 Å². The maximum atomic E-state index is 12.5. The molecule has 140 valence electrons. The van der Waals surface area contributed by atoms with Gasteiger partial charge in [0, 0.05) is 29.6 Å². The van der Waals surface area contributed by atoms with Crippen molar-refractivity contribution in [1.29, 1.82) is 0 Å². The third-order valence-corrected chi connectivity index (χ3v) is 6.06. The van der Waals surface area contributed by atoms with E-state index in [2.05, 4.69) is 21.6 Å². The number of ketones is 1. The van der Waals surface area contributed by atoms with E-state index in [1.165, 1.54) is 23.6 Å². The fraction of sp³-hybridized carbons (Fsp3) is 0.263. The Bertz CT molecular complexity index is 933. The second-order valence-corrected chi connectivity index (χ2v) is 8.44. The number of thiophene rings is 1. The van der Waals surface area contributed by atoms with Gasteiger partial charge in [0.25, 0.3) is 0 Å². The second kappa shape index (κ2) is 8.49. The van der Waals surface area contributed by atoms with Crippen molar-refractivity contribution in [2.75, 3.05) is 5.32 Å². The van der Waals surface area contributed by atoms with Gasteiger partial charge in [0.05, 0.1) is 5.25 Å². The topological polar surface area (TPSA) is 76.9 Å². The van der Waals surface area contributed by atoms with E-state index < -0.39 is 0 Å². The number of benzene rings is 1. The van der Waals surface area contributed by atoms with Crippen molar-refractivity contribution >= 4 is 40.5 Å². The van der Waals surface area contributed by atoms with E-state index in [-0.39, 0.29) is 16.9 Å². The van der Waals surface area contributed by atoms with Crippen LogP contribution in [0.5, 0.6) is 0 Å². The molecule has 0 aliphatic rings. The first-order valence-corrected chi connectivity index (χ1v) is 10.2. The number of amides is 1. The van der Waals surface area contributed by atoms with Gasteiger partial charge in [-0.2, -0.15) is 0 Å². The molecule has 1 atom stereocenters. The van der Waals surface area contributed by atoms with Gasteiger partial charge in [-0.05, 0) is 49.6 Å². The Morgan fingerprint density at radius 1 is 1.22 bits per heavy atom. The van der Waals surface area contributed by atoms with E-state index in [9.17, 15) is 9.59 Å². The molecule has 0 aliphatic heterocycles. The van der Waals surface area contributed by atoms with Crippen LogP contribution in [0.15, 0.2) is 46.9 Å². The van der Waals surface area contributed by atoms with E-state index in [4.69, 9.17) is 0 Å². The molecule has 0 bridgehead atoms. The minimum atomic E-state index is -0.338. The molecule has 1 N–H and O–H groups in total. The molecule has 0 saturated carbocycles. The minimum Gasteiger partial charge on any atom is -0.325 e. The fourth-order valence-electron chi connectivity index (χ4n) is 2.41. The monoisotopic (exact) mass is 400 g/mol. The van der Waals surface area contributed by atoms with Gasteiger partial charge in [0.2, 0.25) is 5.91 Å². The van der Waals surface area contributed by atoms with Gasteiger partial charge in [-0.15, -0.1) is 21.5 Å². The summed E-state index contributed by atoms with van der Waals surface area (Å²) in [5.41, 5.74) is 1.28. The Labute approximate surface area is 166 Å². The number of nitrogens with zero attached hydrogens (tertiary/aromatic N) is 3. The molecule has 0 unspecified atom stereocenters. The quantitative estimate of drug-likeness (QED) is 0.482. The summed E-state index contributed by atoms with van der Waals surface area (Å²) in [6, 6.07) is 11.0. The Balaban J connectivity index is 1.61. The molecule has 0 radical (unpaired) electrons. The lowest BCUT2D eigenvalue weighted by Gasteiger charge is -2.12. The molecule has 27 heavy (non-hydrogen) atoms. The van der Waals surface area contributed by atoms with E-state index in [1.54, 1.807) is 35.6 Å². The smallest absolute Gasteiger partial charge is 0.237 e. The third kappa shape index (κ3) is 4.84. The summed E-state index contributed by atoms with van der Waals surface area (Å²) in [4.78, 5) is 25.0. The van der Waals surface area contributed by atoms with Crippen molar-refractivity contribution < 1.29 is 9.59 Å². The first-order valence-electron chi connectivity index (χ1n) is 8.43. The summed E-state index contributed by atoms with van der Waals surface area (Å²) >= 11 is 3.05. The molecule has 6 nitrogen and oxygen atoms in total. The predicted molar refractivity (Wildman–Crippen MR) is 109 cm³/mol. The van der Waals surface area contributed by atoms with E-state index >= 15 is 0 Å². The zero-order valence-corrected chi connectivity index (χ0v) is 16.9. The largest absolute Gasteiger partial charge is 0.325 e. The number of Topliss-reactive ketones (excluding diaryl/α,β-unsaturated/α-hetero) is 1. The SMILES string of the molecule is CC(=O)c1ccc(NC(=O)[C@H](C)Sc2nnc(Cc3cccs3)n2C)cc1. The molecule has 0 saturated heterocycles. The lowest BCUT2D eigenvalue weighted by Crippen LogP contribution is -2.22. The highest BCUT2D eigenvalue weighted by Crippen LogP contribution is 2.24. The molecule has 2 heterocycles. The van der Waals surface area contributed by atoms with Crippen LogP contribution in [-0.2, 0) is 18.3 Å². The van der Waals surface area contributed by atoms with Crippen LogP contribution >= 0.6 is 23.1 Å². The van der Waals surface area contributed by atoms with E-state index in [1.807, 2.05) is 30.0 Å². The molecule has 0 aliphatic carbocycles. The van der Waals surface area contributed by atoms with Gasteiger partial charge in [-0.3, -0.25) is 9.59 Å². The molecule has 3 aromatic rings. The Morgan fingerprint density at radius 2 is 1.96 bits per heavy atom. The average Bonchev–Trinajstić information content (AvgIpc) is 3.27. The predicted octanol–water partition coefficient (Wildman–Crippen LogP) is 3.79.